The summed E-state index contributed by atoms with van der Waals surface area (Å²) in [6, 6.07) is 8.81. The zero-order chi connectivity index (χ0) is 21.1. The van der Waals surface area contributed by atoms with Gasteiger partial charge in [0.25, 0.3) is 0 Å². The van der Waals surface area contributed by atoms with Crippen LogP contribution < -0.4 is 5.32 Å². The minimum Gasteiger partial charge on any atom is -0.339 e. The largest absolute Gasteiger partial charge is 0.339 e. The van der Waals surface area contributed by atoms with Gasteiger partial charge >= 0.3 is 6.03 Å². The third kappa shape index (κ3) is 4.65. The van der Waals surface area contributed by atoms with Gasteiger partial charge in [0, 0.05) is 30.6 Å². The Bertz CT molecular complexity index is 1010. The molecule has 1 unspecified atom stereocenters. The van der Waals surface area contributed by atoms with Crippen molar-refractivity contribution in [1.29, 1.82) is 0 Å². The molecular formula is C20H24N4O4S2. The maximum Gasteiger partial charge on any atom is 0.324 e. The number of urea groups is 1. The van der Waals surface area contributed by atoms with E-state index in [1.54, 1.807) is 9.80 Å². The van der Waals surface area contributed by atoms with Gasteiger partial charge in [-0.25, -0.2) is 18.2 Å². The van der Waals surface area contributed by atoms with E-state index in [9.17, 15) is 18.0 Å². The highest BCUT2D eigenvalue weighted by molar-refractivity contribution is 7.91. The molecule has 2 aliphatic heterocycles. The minimum atomic E-state index is -3.06. The molecule has 4 rings (SSSR count). The number of piperidine rings is 1. The first kappa shape index (κ1) is 20.8. The second-order valence-electron chi connectivity index (χ2n) is 7.52. The molecule has 0 saturated carbocycles. The van der Waals surface area contributed by atoms with Crippen molar-refractivity contribution in [2.75, 3.05) is 36.5 Å². The van der Waals surface area contributed by atoms with Gasteiger partial charge in [-0.1, -0.05) is 30.3 Å². The Hall–Kier alpha value is -2.46. The number of amides is 3. The average Bonchev–Trinajstić information content (AvgIpc) is 3.22. The van der Waals surface area contributed by atoms with E-state index in [0.717, 1.165) is 24.1 Å². The Labute approximate surface area is 179 Å². The number of aromatic nitrogens is 1. The molecule has 2 aromatic rings. The highest BCUT2D eigenvalue weighted by Crippen LogP contribution is 2.26. The van der Waals surface area contributed by atoms with Crippen molar-refractivity contribution in [3.05, 3.63) is 35.7 Å². The van der Waals surface area contributed by atoms with E-state index in [-0.39, 0.29) is 36.5 Å². The summed E-state index contributed by atoms with van der Waals surface area (Å²) in [4.78, 5) is 33.6. The number of hydrogen-bond acceptors (Lipinski definition) is 6. The Kier molecular flexibility index (Phi) is 6.05. The van der Waals surface area contributed by atoms with E-state index in [0.29, 0.717) is 18.1 Å². The number of benzene rings is 1. The van der Waals surface area contributed by atoms with E-state index in [1.807, 2.05) is 35.7 Å². The van der Waals surface area contributed by atoms with Crippen molar-refractivity contribution in [3.63, 3.8) is 0 Å². The van der Waals surface area contributed by atoms with Crippen LogP contribution in [0, 0.1) is 0 Å². The van der Waals surface area contributed by atoms with Gasteiger partial charge in [-0.05, 0) is 19.3 Å². The summed E-state index contributed by atoms with van der Waals surface area (Å²) in [5.41, 5.74) is 1.76. The van der Waals surface area contributed by atoms with Gasteiger partial charge in [-0.2, -0.15) is 0 Å². The number of nitrogens with one attached hydrogen (secondary N) is 1. The lowest BCUT2D eigenvalue weighted by molar-refractivity contribution is -0.136. The van der Waals surface area contributed by atoms with Crippen molar-refractivity contribution < 1.29 is 18.0 Å². The molecule has 160 valence electrons. The van der Waals surface area contributed by atoms with E-state index in [1.165, 1.54) is 11.3 Å². The summed E-state index contributed by atoms with van der Waals surface area (Å²) in [6.45, 7) is 0.880. The van der Waals surface area contributed by atoms with Crippen LogP contribution in [0.5, 0.6) is 0 Å². The zero-order valence-corrected chi connectivity index (χ0v) is 18.1. The van der Waals surface area contributed by atoms with Gasteiger partial charge < -0.3 is 9.80 Å². The minimum absolute atomic E-state index is 0.0148. The number of rotatable bonds is 3. The van der Waals surface area contributed by atoms with Gasteiger partial charge in [0.05, 0.1) is 17.2 Å². The molecule has 2 saturated heterocycles. The first-order valence-corrected chi connectivity index (χ1v) is 12.7. The fraction of sp³-hybridized carbons (Fsp3) is 0.450. The van der Waals surface area contributed by atoms with Crippen LogP contribution in [-0.4, -0.2) is 72.3 Å². The van der Waals surface area contributed by atoms with Gasteiger partial charge in [0.15, 0.2) is 15.0 Å². The fourth-order valence-corrected chi connectivity index (χ4v) is 5.72. The molecule has 0 bridgehead atoms. The molecule has 1 atom stereocenters. The second kappa shape index (κ2) is 8.73. The van der Waals surface area contributed by atoms with E-state index in [2.05, 4.69) is 10.3 Å². The highest BCUT2D eigenvalue weighted by atomic mass is 32.2. The Morgan fingerprint density at radius 2 is 1.80 bits per heavy atom. The summed E-state index contributed by atoms with van der Waals surface area (Å²) < 4.78 is 23.3. The molecule has 3 amide bonds. The molecule has 2 aliphatic rings. The number of hydrogen-bond donors (Lipinski definition) is 1. The molecule has 30 heavy (non-hydrogen) atoms. The summed E-state index contributed by atoms with van der Waals surface area (Å²) in [5, 5.41) is 5.20. The first-order valence-electron chi connectivity index (χ1n) is 10.0. The standard InChI is InChI=1S/C20H24N4O4S2/c25-18(23-10-12-30(27,28)13-11-23)17-8-4-5-9-24(17)20(26)22-19-21-16(14-29-19)15-6-2-1-3-7-15/h1-3,6-7,14,17H,4-5,8-13H2,(H,21,22,26). The molecule has 8 nitrogen and oxygen atoms in total. The number of anilines is 1. The quantitative estimate of drug-likeness (QED) is 0.778. The van der Waals surface area contributed by atoms with Crippen LogP contribution in [0.15, 0.2) is 35.7 Å². The molecule has 1 aromatic heterocycles. The topological polar surface area (TPSA) is 99.7 Å². The summed E-state index contributed by atoms with van der Waals surface area (Å²) in [6.07, 6.45) is 2.28. The average molecular weight is 449 g/mol. The lowest BCUT2D eigenvalue weighted by atomic mass is 10.0. The van der Waals surface area contributed by atoms with Crippen LogP contribution in [-0.2, 0) is 14.6 Å². The number of carbonyl (C=O) groups excluding carboxylic acids is 2. The van der Waals surface area contributed by atoms with Crippen LogP contribution in [0.25, 0.3) is 11.3 Å². The number of carbonyl (C=O) groups is 2. The third-order valence-corrected chi connectivity index (χ3v) is 7.86. The number of nitrogens with zero attached hydrogens (tertiary/aromatic N) is 3. The van der Waals surface area contributed by atoms with Gasteiger partial charge in [-0.3, -0.25) is 10.1 Å². The maximum atomic E-state index is 13.0. The normalized spacial score (nSPS) is 21.3. The molecule has 0 spiro atoms. The van der Waals surface area contributed by atoms with Crippen LogP contribution in [0.2, 0.25) is 0 Å². The van der Waals surface area contributed by atoms with Gasteiger partial charge in [0.2, 0.25) is 5.91 Å². The molecule has 10 heteroatoms. The maximum absolute atomic E-state index is 13.0. The number of sulfone groups is 1. The lowest BCUT2D eigenvalue weighted by Crippen LogP contribution is -2.56. The van der Waals surface area contributed by atoms with Crippen molar-refractivity contribution >= 4 is 38.2 Å². The number of likely N-dealkylation sites (tertiary alicyclic amines) is 1. The van der Waals surface area contributed by atoms with Crippen molar-refractivity contribution in [3.8, 4) is 11.3 Å². The summed E-state index contributed by atoms with van der Waals surface area (Å²) in [5.74, 6) is -0.193. The Balaban J connectivity index is 1.43. The third-order valence-electron chi connectivity index (χ3n) is 5.49. The molecule has 1 aromatic carbocycles. The van der Waals surface area contributed by atoms with Crippen LogP contribution >= 0.6 is 11.3 Å². The van der Waals surface area contributed by atoms with E-state index >= 15 is 0 Å². The SMILES string of the molecule is O=C(C1CCCCN1C(=O)Nc1nc(-c2ccccc2)cs1)N1CCS(=O)(=O)CC1. The van der Waals surface area contributed by atoms with Gasteiger partial charge in [-0.15, -0.1) is 11.3 Å². The van der Waals surface area contributed by atoms with Crippen LogP contribution in [0.3, 0.4) is 0 Å². The molecule has 1 N–H and O–H groups in total. The van der Waals surface area contributed by atoms with Crippen molar-refractivity contribution in [2.24, 2.45) is 0 Å². The summed E-state index contributed by atoms with van der Waals surface area (Å²) in [7, 11) is -3.06. The molecule has 0 radical (unpaired) electrons. The molecule has 0 aliphatic carbocycles. The molecule has 3 heterocycles. The monoisotopic (exact) mass is 448 g/mol. The second-order valence-corrected chi connectivity index (χ2v) is 10.7. The number of thiazole rings is 1. The Morgan fingerprint density at radius 3 is 2.53 bits per heavy atom. The van der Waals surface area contributed by atoms with Gasteiger partial charge in [0.1, 0.15) is 6.04 Å². The molecule has 2 fully saturated rings. The predicted molar refractivity (Wildman–Crippen MR) is 116 cm³/mol. The first-order chi connectivity index (χ1) is 14.4. The molecular weight excluding hydrogens is 424 g/mol. The predicted octanol–water partition coefficient (Wildman–Crippen LogP) is 2.45. The Morgan fingerprint density at radius 1 is 1.07 bits per heavy atom. The van der Waals surface area contributed by atoms with Crippen molar-refractivity contribution in [2.45, 2.75) is 25.3 Å². The highest BCUT2D eigenvalue weighted by Gasteiger charge is 2.37. The zero-order valence-electron chi connectivity index (χ0n) is 16.5. The van der Waals surface area contributed by atoms with Crippen LogP contribution in [0.4, 0.5) is 9.93 Å². The van der Waals surface area contributed by atoms with Crippen molar-refractivity contribution in [1.82, 2.24) is 14.8 Å². The summed E-state index contributed by atoms with van der Waals surface area (Å²) >= 11 is 1.34. The fourth-order valence-electron chi connectivity index (χ4n) is 3.81. The smallest absolute Gasteiger partial charge is 0.324 e. The van der Waals surface area contributed by atoms with Crippen LogP contribution in [0.1, 0.15) is 19.3 Å². The van der Waals surface area contributed by atoms with E-state index < -0.39 is 15.9 Å². The van der Waals surface area contributed by atoms with E-state index in [4.69, 9.17) is 0 Å². The lowest BCUT2D eigenvalue weighted by Gasteiger charge is -2.38.